The van der Waals surface area contributed by atoms with Gasteiger partial charge in [0.2, 0.25) is 0 Å². The summed E-state index contributed by atoms with van der Waals surface area (Å²) < 4.78 is 5.59. The molecule has 6 heteroatoms. The highest BCUT2D eigenvalue weighted by molar-refractivity contribution is 7.99. The first-order chi connectivity index (χ1) is 12.3. The third-order valence-corrected chi connectivity index (χ3v) is 8.19. The number of nitrogens with zero attached hydrogens (tertiary/aromatic N) is 3. The topological polar surface area (TPSA) is 40.1 Å². The Kier molecular flexibility index (Phi) is 5.49. The number of nitrogens with one attached hydrogen (secondary N) is 1. The number of ether oxygens (including phenoxy) is 1. The van der Waals surface area contributed by atoms with Gasteiger partial charge in [-0.25, -0.2) is 0 Å². The molecule has 4 fully saturated rings. The van der Waals surface area contributed by atoms with E-state index in [0.717, 1.165) is 38.8 Å². The van der Waals surface area contributed by atoms with E-state index in [9.17, 15) is 0 Å². The molecule has 1 unspecified atom stereocenters. The fourth-order valence-electron chi connectivity index (χ4n) is 5.36. The molecule has 0 aromatic rings. The average Bonchev–Trinajstić information content (AvgIpc) is 3.40. The van der Waals surface area contributed by atoms with Gasteiger partial charge in [-0.2, -0.15) is 11.8 Å². The largest absolute Gasteiger partial charge is 0.379 e. The van der Waals surface area contributed by atoms with Crippen LogP contribution in [0.1, 0.15) is 38.5 Å². The lowest BCUT2D eigenvalue weighted by Crippen LogP contribution is -2.60. The maximum absolute atomic E-state index is 5.59. The normalized spacial score (nSPS) is 33.5. The molecule has 1 saturated carbocycles. The smallest absolute Gasteiger partial charge is 0.193 e. The van der Waals surface area contributed by atoms with Crippen molar-refractivity contribution >= 4 is 17.7 Å². The van der Waals surface area contributed by atoms with Crippen LogP contribution in [0.5, 0.6) is 0 Å². The lowest BCUT2D eigenvalue weighted by Gasteiger charge is -2.43. The molecule has 4 rings (SSSR count). The molecule has 1 spiro atoms. The van der Waals surface area contributed by atoms with Crippen LogP contribution >= 0.6 is 11.8 Å². The minimum absolute atomic E-state index is 0.287. The number of likely N-dealkylation sites (tertiary alicyclic amines) is 1. The number of hydrogen-bond donors (Lipinski definition) is 1. The maximum atomic E-state index is 5.59. The Morgan fingerprint density at radius 3 is 2.60 bits per heavy atom. The molecule has 3 aliphatic heterocycles. The SMILES string of the molecule is CN=C(NCC1(N2CCOCC2)CCSC1)N1CCC2(CCCC2)C1. The van der Waals surface area contributed by atoms with Crippen LogP contribution in [0.3, 0.4) is 0 Å². The molecule has 0 bridgehead atoms. The van der Waals surface area contributed by atoms with Gasteiger partial charge in [-0.3, -0.25) is 9.89 Å². The van der Waals surface area contributed by atoms with Gasteiger partial charge in [0.05, 0.1) is 13.2 Å². The van der Waals surface area contributed by atoms with Crippen LogP contribution in [0.4, 0.5) is 0 Å². The zero-order valence-corrected chi connectivity index (χ0v) is 16.6. The van der Waals surface area contributed by atoms with E-state index in [4.69, 9.17) is 4.74 Å². The zero-order valence-electron chi connectivity index (χ0n) is 15.8. The maximum Gasteiger partial charge on any atom is 0.193 e. The third kappa shape index (κ3) is 3.67. The standard InChI is InChI=1S/C19H34N4OS/c1-20-17(22-8-6-18(15-22)4-2-3-5-18)21-14-19(7-13-25-16-19)23-9-11-24-12-10-23/h2-16H2,1H3,(H,20,21). The monoisotopic (exact) mass is 366 g/mol. The first-order valence-electron chi connectivity index (χ1n) is 10.1. The Labute approximate surface area is 156 Å². The Bertz CT molecular complexity index is 480. The van der Waals surface area contributed by atoms with E-state index in [2.05, 4.69) is 31.9 Å². The van der Waals surface area contributed by atoms with Crippen molar-refractivity contribution in [1.82, 2.24) is 15.1 Å². The molecule has 0 aromatic carbocycles. The first-order valence-corrected chi connectivity index (χ1v) is 11.3. The van der Waals surface area contributed by atoms with Crippen molar-refractivity contribution in [3.8, 4) is 0 Å². The summed E-state index contributed by atoms with van der Waals surface area (Å²) in [5.41, 5.74) is 0.887. The molecule has 0 amide bonds. The van der Waals surface area contributed by atoms with E-state index >= 15 is 0 Å². The van der Waals surface area contributed by atoms with Crippen molar-refractivity contribution in [3.63, 3.8) is 0 Å². The summed E-state index contributed by atoms with van der Waals surface area (Å²) in [6, 6.07) is 0. The predicted octanol–water partition coefficient (Wildman–Crippen LogP) is 2.04. The van der Waals surface area contributed by atoms with Gasteiger partial charge in [0.15, 0.2) is 5.96 Å². The van der Waals surface area contributed by atoms with E-state index in [0.29, 0.717) is 5.41 Å². The molecule has 25 heavy (non-hydrogen) atoms. The fraction of sp³-hybridized carbons (Fsp3) is 0.947. The fourth-order valence-corrected chi connectivity index (χ4v) is 6.84. The summed E-state index contributed by atoms with van der Waals surface area (Å²) in [7, 11) is 1.95. The van der Waals surface area contributed by atoms with Crippen molar-refractivity contribution in [1.29, 1.82) is 0 Å². The zero-order chi connectivity index (χ0) is 17.2. The number of hydrogen-bond acceptors (Lipinski definition) is 4. The lowest BCUT2D eigenvalue weighted by molar-refractivity contribution is -0.0121. The number of aliphatic imine (C=N–C) groups is 1. The van der Waals surface area contributed by atoms with E-state index in [1.165, 1.54) is 63.1 Å². The molecule has 1 N–H and O–H groups in total. The van der Waals surface area contributed by atoms with Crippen LogP contribution in [-0.2, 0) is 4.74 Å². The van der Waals surface area contributed by atoms with Crippen LogP contribution in [0.2, 0.25) is 0 Å². The van der Waals surface area contributed by atoms with Crippen LogP contribution in [0, 0.1) is 5.41 Å². The van der Waals surface area contributed by atoms with Crippen LogP contribution in [-0.4, -0.2) is 85.8 Å². The second kappa shape index (κ2) is 7.65. The molecule has 142 valence electrons. The second-order valence-corrected chi connectivity index (χ2v) is 9.51. The first kappa shape index (κ1) is 17.9. The Hall–Kier alpha value is -0.460. The Morgan fingerprint density at radius 2 is 1.92 bits per heavy atom. The number of thioether (sulfide) groups is 1. The van der Waals surface area contributed by atoms with Crippen molar-refractivity contribution in [3.05, 3.63) is 0 Å². The number of morpholine rings is 1. The van der Waals surface area contributed by atoms with Crippen molar-refractivity contribution in [2.24, 2.45) is 10.4 Å². The van der Waals surface area contributed by atoms with E-state index in [1.54, 1.807) is 0 Å². The van der Waals surface area contributed by atoms with Gasteiger partial charge < -0.3 is 15.0 Å². The molecule has 1 aliphatic carbocycles. The average molecular weight is 367 g/mol. The van der Waals surface area contributed by atoms with Gasteiger partial charge in [0.1, 0.15) is 0 Å². The highest BCUT2D eigenvalue weighted by Gasteiger charge is 2.43. The summed E-state index contributed by atoms with van der Waals surface area (Å²) in [4.78, 5) is 9.85. The number of rotatable bonds is 3. The quantitative estimate of drug-likeness (QED) is 0.611. The summed E-state index contributed by atoms with van der Waals surface area (Å²) in [6.07, 6.45) is 8.35. The molecule has 0 radical (unpaired) electrons. The van der Waals surface area contributed by atoms with Crippen molar-refractivity contribution in [2.75, 3.05) is 64.5 Å². The number of guanidine groups is 1. The summed E-state index contributed by atoms with van der Waals surface area (Å²) in [5.74, 6) is 3.65. The minimum atomic E-state index is 0.287. The van der Waals surface area contributed by atoms with Gasteiger partial charge in [-0.1, -0.05) is 12.8 Å². The second-order valence-electron chi connectivity index (χ2n) is 8.41. The van der Waals surface area contributed by atoms with Crippen LogP contribution < -0.4 is 5.32 Å². The van der Waals surface area contributed by atoms with Crippen molar-refractivity contribution < 1.29 is 4.74 Å². The van der Waals surface area contributed by atoms with Crippen molar-refractivity contribution in [2.45, 2.75) is 44.1 Å². The van der Waals surface area contributed by atoms with Gasteiger partial charge >= 0.3 is 0 Å². The lowest BCUT2D eigenvalue weighted by atomic mass is 9.86. The van der Waals surface area contributed by atoms with Crippen LogP contribution in [0.15, 0.2) is 4.99 Å². The molecule has 1 atom stereocenters. The Balaban J connectivity index is 1.38. The molecule has 0 aromatic heterocycles. The summed E-state index contributed by atoms with van der Waals surface area (Å²) in [5, 5.41) is 3.78. The van der Waals surface area contributed by atoms with E-state index in [-0.39, 0.29) is 5.54 Å². The van der Waals surface area contributed by atoms with E-state index < -0.39 is 0 Å². The van der Waals surface area contributed by atoms with Gasteiger partial charge in [0, 0.05) is 51.1 Å². The van der Waals surface area contributed by atoms with Gasteiger partial charge in [-0.15, -0.1) is 0 Å². The third-order valence-electron chi connectivity index (χ3n) is 6.95. The molecular weight excluding hydrogens is 332 g/mol. The molecular formula is C19H34N4OS. The predicted molar refractivity (Wildman–Crippen MR) is 106 cm³/mol. The summed E-state index contributed by atoms with van der Waals surface area (Å²) >= 11 is 2.11. The Morgan fingerprint density at radius 1 is 1.12 bits per heavy atom. The van der Waals surface area contributed by atoms with E-state index in [1.807, 2.05) is 7.05 Å². The van der Waals surface area contributed by atoms with Gasteiger partial charge in [0.25, 0.3) is 0 Å². The molecule has 3 saturated heterocycles. The summed E-state index contributed by atoms with van der Waals surface area (Å²) in [6.45, 7) is 7.34. The highest BCUT2D eigenvalue weighted by Crippen LogP contribution is 2.45. The molecule has 4 aliphatic rings. The van der Waals surface area contributed by atoms with Crippen LogP contribution in [0.25, 0.3) is 0 Å². The highest BCUT2D eigenvalue weighted by atomic mass is 32.2. The minimum Gasteiger partial charge on any atom is -0.379 e. The molecule has 3 heterocycles. The molecule has 5 nitrogen and oxygen atoms in total. The van der Waals surface area contributed by atoms with Gasteiger partial charge in [-0.05, 0) is 36.9 Å².